The number of carbonyl (C=O) groups excluding carboxylic acids is 2. The molecule has 9 nitrogen and oxygen atoms in total. The predicted octanol–water partition coefficient (Wildman–Crippen LogP) is 6.08. The van der Waals surface area contributed by atoms with E-state index in [2.05, 4.69) is 20.4 Å². The molecule has 0 radical (unpaired) electrons. The fraction of sp³-hybridized carbons (Fsp3) is 0.281. The highest BCUT2D eigenvalue weighted by Crippen LogP contribution is 2.35. The molecule has 3 aromatic carbocycles. The topological polar surface area (TPSA) is 113 Å². The summed E-state index contributed by atoms with van der Waals surface area (Å²) in [5, 5.41) is 7.08. The number of ether oxygens (including phenoxy) is 2. The summed E-state index contributed by atoms with van der Waals surface area (Å²) in [7, 11) is 2.97. The number of nitrogens with zero attached hydrogens (tertiary/aromatic N) is 1. The molecule has 2 aliphatic heterocycles. The molecular formula is C32H31F3N4O5. The number of rotatable bonds is 4. The highest BCUT2D eigenvalue weighted by molar-refractivity contribution is 5.91. The second kappa shape index (κ2) is 12.3. The van der Waals surface area contributed by atoms with Crippen LogP contribution in [0.25, 0.3) is 10.8 Å². The zero-order valence-corrected chi connectivity index (χ0v) is 24.2. The van der Waals surface area contributed by atoms with E-state index in [1.54, 1.807) is 42.6 Å². The molecule has 44 heavy (non-hydrogen) atoms. The average molecular weight is 609 g/mol. The number of H-pyrrole nitrogens is 1. The summed E-state index contributed by atoms with van der Waals surface area (Å²) in [5.41, 5.74) is 1.89. The van der Waals surface area contributed by atoms with Gasteiger partial charge in [-0.2, -0.15) is 0 Å². The molecule has 0 saturated heterocycles. The Kier molecular flexibility index (Phi) is 8.52. The third-order valence-corrected chi connectivity index (χ3v) is 7.61. The van der Waals surface area contributed by atoms with Crippen LogP contribution in [0.4, 0.5) is 24.5 Å². The van der Waals surface area contributed by atoms with Crippen LogP contribution in [-0.2, 0) is 16.1 Å². The number of pyridine rings is 1. The van der Waals surface area contributed by atoms with E-state index < -0.39 is 24.1 Å². The molecule has 6 rings (SSSR count). The summed E-state index contributed by atoms with van der Waals surface area (Å²) in [4.78, 5) is 43.2. The van der Waals surface area contributed by atoms with Crippen molar-refractivity contribution in [3.63, 3.8) is 0 Å². The number of anilines is 2. The van der Waals surface area contributed by atoms with Crippen molar-refractivity contribution in [2.45, 2.75) is 44.6 Å². The normalized spacial score (nSPS) is 17.8. The van der Waals surface area contributed by atoms with Gasteiger partial charge in [0, 0.05) is 48.5 Å². The van der Waals surface area contributed by atoms with E-state index in [1.807, 2.05) is 13.0 Å². The molecule has 2 atom stereocenters. The summed E-state index contributed by atoms with van der Waals surface area (Å²) >= 11 is 0. The lowest BCUT2D eigenvalue weighted by Crippen LogP contribution is -2.35. The number of amides is 2. The fourth-order valence-corrected chi connectivity index (χ4v) is 5.33. The van der Waals surface area contributed by atoms with Crippen LogP contribution in [0.5, 0.6) is 11.5 Å². The molecule has 1 aromatic heterocycles. The summed E-state index contributed by atoms with van der Waals surface area (Å²) in [6, 6.07) is 15.0. The van der Waals surface area contributed by atoms with Crippen molar-refractivity contribution in [3.8, 4) is 11.5 Å². The number of alkyl halides is 3. The third kappa shape index (κ3) is 6.80. The van der Waals surface area contributed by atoms with Gasteiger partial charge in [0.05, 0.1) is 7.11 Å². The first-order valence-corrected chi connectivity index (χ1v) is 13.9. The van der Waals surface area contributed by atoms with Gasteiger partial charge in [-0.3, -0.25) is 14.4 Å². The van der Waals surface area contributed by atoms with Gasteiger partial charge in [-0.15, -0.1) is 13.2 Å². The number of likely N-dealkylation sites (N-methyl/N-ethyl adjacent to an activating group) is 1. The van der Waals surface area contributed by atoms with Gasteiger partial charge in [-0.05, 0) is 71.3 Å². The van der Waals surface area contributed by atoms with Gasteiger partial charge in [-0.1, -0.05) is 25.1 Å². The van der Waals surface area contributed by atoms with E-state index in [0.29, 0.717) is 34.2 Å². The maximum absolute atomic E-state index is 14.1. The molecule has 0 spiro atoms. The minimum atomic E-state index is -4.97. The molecule has 230 valence electrons. The van der Waals surface area contributed by atoms with Crippen LogP contribution >= 0.6 is 0 Å². The Hall–Kier alpha value is -5.00. The SMILES string of the molecule is COc1cc2ccc1[C@@H](C)CCC(=O)Nc1ccc(OC(F)(F)F)c(c1)CN(C)C(=O)[C@@H]2Nc1ccc2cc[nH]c(=O)c2c1. The number of fused-ring (bicyclic) bond motifs is 10. The maximum atomic E-state index is 14.1. The number of methoxy groups -OCH3 is 1. The first kappa shape index (κ1) is 30.5. The Morgan fingerprint density at radius 2 is 1.77 bits per heavy atom. The number of nitrogens with one attached hydrogen (secondary N) is 3. The molecule has 0 unspecified atom stereocenters. The van der Waals surface area contributed by atoms with E-state index >= 15 is 0 Å². The number of benzene rings is 3. The average Bonchev–Trinajstić information content (AvgIpc) is 2.98. The van der Waals surface area contributed by atoms with Crippen LogP contribution in [0.3, 0.4) is 0 Å². The third-order valence-electron chi connectivity index (χ3n) is 7.61. The van der Waals surface area contributed by atoms with Gasteiger partial charge < -0.3 is 30.0 Å². The summed E-state index contributed by atoms with van der Waals surface area (Å²) in [6.45, 7) is 1.69. The van der Waals surface area contributed by atoms with Crippen LogP contribution in [0.2, 0.25) is 0 Å². The molecule has 4 bridgehead atoms. The van der Waals surface area contributed by atoms with Crippen LogP contribution in [0, 0.1) is 0 Å². The lowest BCUT2D eigenvalue weighted by atomic mass is 9.92. The molecule has 2 amide bonds. The fourth-order valence-electron chi connectivity index (χ4n) is 5.33. The van der Waals surface area contributed by atoms with Crippen molar-refractivity contribution in [1.82, 2.24) is 9.88 Å². The Bertz CT molecular complexity index is 1770. The first-order valence-electron chi connectivity index (χ1n) is 13.9. The smallest absolute Gasteiger partial charge is 0.496 e. The van der Waals surface area contributed by atoms with Crippen LogP contribution in [0.15, 0.2) is 71.7 Å². The molecule has 12 heteroatoms. The zero-order chi connectivity index (χ0) is 31.6. The zero-order valence-electron chi connectivity index (χ0n) is 24.2. The lowest BCUT2D eigenvalue weighted by Gasteiger charge is -2.28. The number of hydrogen-bond acceptors (Lipinski definition) is 6. The van der Waals surface area contributed by atoms with Gasteiger partial charge in [-0.25, -0.2) is 0 Å². The molecule has 0 fully saturated rings. The van der Waals surface area contributed by atoms with Crippen LogP contribution in [-0.4, -0.2) is 42.2 Å². The summed E-state index contributed by atoms with van der Waals surface area (Å²) in [6.07, 6.45) is -2.79. The van der Waals surface area contributed by atoms with Crippen molar-refractivity contribution in [2.24, 2.45) is 0 Å². The van der Waals surface area contributed by atoms with E-state index in [0.717, 1.165) is 11.6 Å². The van der Waals surface area contributed by atoms with Crippen molar-refractivity contribution in [1.29, 1.82) is 0 Å². The quantitative estimate of drug-likeness (QED) is 0.259. The van der Waals surface area contributed by atoms with Crippen molar-refractivity contribution in [2.75, 3.05) is 24.8 Å². The summed E-state index contributed by atoms with van der Waals surface area (Å²) in [5.74, 6) is -0.847. The minimum Gasteiger partial charge on any atom is -0.496 e. The number of carbonyl (C=O) groups is 2. The summed E-state index contributed by atoms with van der Waals surface area (Å²) < 4.78 is 49.7. The van der Waals surface area contributed by atoms with Gasteiger partial charge in [0.1, 0.15) is 17.5 Å². The Morgan fingerprint density at radius 3 is 2.52 bits per heavy atom. The molecular weight excluding hydrogens is 577 g/mol. The number of aromatic amines is 1. The molecule has 0 aliphatic carbocycles. The second-order valence-electron chi connectivity index (χ2n) is 10.7. The van der Waals surface area contributed by atoms with E-state index in [9.17, 15) is 27.6 Å². The van der Waals surface area contributed by atoms with E-state index in [-0.39, 0.29) is 41.6 Å². The van der Waals surface area contributed by atoms with E-state index in [1.165, 1.54) is 31.2 Å². The number of hydrogen-bond donors (Lipinski definition) is 3. The molecule has 2 aliphatic rings. The van der Waals surface area contributed by atoms with Crippen molar-refractivity contribution < 1.29 is 32.2 Å². The van der Waals surface area contributed by atoms with Gasteiger partial charge >= 0.3 is 6.36 Å². The highest BCUT2D eigenvalue weighted by Gasteiger charge is 2.33. The molecule has 4 aromatic rings. The molecule has 3 heterocycles. The predicted molar refractivity (Wildman–Crippen MR) is 160 cm³/mol. The Balaban J connectivity index is 1.60. The Morgan fingerprint density at radius 1 is 0.977 bits per heavy atom. The highest BCUT2D eigenvalue weighted by atomic mass is 19.4. The lowest BCUT2D eigenvalue weighted by molar-refractivity contribution is -0.275. The van der Waals surface area contributed by atoms with Gasteiger partial charge in [0.25, 0.3) is 5.56 Å². The largest absolute Gasteiger partial charge is 0.573 e. The number of aromatic nitrogens is 1. The Labute approximate surface area is 251 Å². The van der Waals surface area contributed by atoms with Crippen molar-refractivity contribution in [3.05, 3.63) is 93.9 Å². The van der Waals surface area contributed by atoms with Crippen molar-refractivity contribution >= 4 is 34.0 Å². The molecule has 3 N–H and O–H groups in total. The van der Waals surface area contributed by atoms with Gasteiger partial charge in [0.15, 0.2) is 0 Å². The monoisotopic (exact) mass is 608 g/mol. The standard InChI is InChI=1S/C32H31F3N4O5/c1-18-4-11-28(40)37-22-8-10-26(44-32(33,34)35)21(14-22)17-39(2)31(42)29(20-6-9-24(18)27(15-20)43-3)38-23-7-5-19-12-13-36-30(41)25(19)16-23/h5-10,12-16,18,29,38H,4,11,17H2,1-3H3,(H,36,41)(H,37,40)/t18-,29+/m0/s1. The second-order valence-corrected chi connectivity index (χ2v) is 10.7. The van der Waals surface area contributed by atoms with Crippen LogP contribution in [0.1, 0.15) is 48.4 Å². The van der Waals surface area contributed by atoms with Gasteiger partial charge in [0.2, 0.25) is 11.8 Å². The number of halogens is 3. The minimum absolute atomic E-state index is 0.0420. The maximum Gasteiger partial charge on any atom is 0.573 e. The first-order chi connectivity index (χ1) is 20.9. The molecule has 0 saturated carbocycles. The van der Waals surface area contributed by atoms with E-state index in [4.69, 9.17) is 4.74 Å². The van der Waals surface area contributed by atoms with Crippen LogP contribution < -0.4 is 25.7 Å².